The summed E-state index contributed by atoms with van der Waals surface area (Å²) in [5, 5.41) is 9.47. The van der Waals surface area contributed by atoms with Gasteiger partial charge in [0.2, 0.25) is 0 Å². The van der Waals surface area contributed by atoms with Crippen LogP contribution in [0.3, 0.4) is 0 Å². The monoisotopic (exact) mass is 505 g/mol. The molecule has 15 heteroatoms. The fourth-order valence-corrected chi connectivity index (χ4v) is 2.24. The first kappa shape index (κ1) is 32.7. The number of carbonyl (C=O) groups is 1. The lowest BCUT2D eigenvalue weighted by Gasteiger charge is -2.23. The van der Waals surface area contributed by atoms with Crippen LogP contribution in [0.4, 0.5) is 4.79 Å². The Morgan fingerprint density at radius 3 is 1.46 bits per heavy atom. The molecule has 0 spiro atoms. The Kier molecular flexibility index (Phi) is 21.8. The molecule has 35 heavy (non-hydrogen) atoms. The van der Waals surface area contributed by atoms with Gasteiger partial charge < -0.3 is 38.5 Å². The molecule has 0 aliphatic heterocycles. The van der Waals surface area contributed by atoms with Crippen molar-refractivity contribution in [3.05, 3.63) is 20.9 Å². The molecule has 0 aromatic rings. The first-order valence-corrected chi connectivity index (χ1v) is 11.4. The van der Waals surface area contributed by atoms with Gasteiger partial charge >= 0.3 is 6.09 Å². The van der Waals surface area contributed by atoms with Crippen molar-refractivity contribution in [3.8, 4) is 0 Å². The molecule has 0 aromatic carbocycles. The van der Waals surface area contributed by atoms with Gasteiger partial charge in [0.05, 0.1) is 85.3 Å². The second-order valence-corrected chi connectivity index (χ2v) is 7.85. The average Bonchev–Trinajstić information content (AvgIpc) is 2.79. The van der Waals surface area contributed by atoms with Crippen molar-refractivity contribution in [1.29, 1.82) is 0 Å². The molecule has 1 N–H and O–H groups in total. The molecule has 202 valence electrons. The summed E-state index contributed by atoms with van der Waals surface area (Å²) >= 11 is 0. The predicted molar refractivity (Wildman–Crippen MR) is 126 cm³/mol. The summed E-state index contributed by atoms with van der Waals surface area (Å²) in [4.78, 5) is 17.4. The van der Waals surface area contributed by atoms with E-state index in [0.29, 0.717) is 66.1 Å². The largest absolute Gasteiger partial charge is 0.444 e. The van der Waals surface area contributed by atoms with E-state index in [9.17, 15) is 4.79 Å². The van der Waals surface area contributed by atoms with Crippen LogP contribution >= 0.6 is 0 Å². The Morgan fingerprint density at radius 1 is 0.714 bits per heavy atom. The van der Waals surface area contributed by atoms with E-state index in [-0.39, 0.29) is 26.3 Å². The minimum Gasteiger partial charge on any atom is -0.444 e. The van der Waals surface area contributed by atoms with Gasteiger partial charge in [0.1, 0.15) is 5.60 Å². The minimum absolute atomic E-state index is 0.213. The summed E-state index contributed by atoms with van der Waals surface area (Å²) in [7, 11) is 0. The molecule has 0 fully saturated rings. The van der Waals surface area contributed by atoms with Crippen molar-refractivity contribution in [3.63, 3.8) is 0 Å². The lowest BCUT2D eigenvalue weighted by atomic mass is 10.2. The highest BCUT2D eigenvalue weighted by Gasteiger charge is 2.20. The number of hydrogen-bond acceptors (Lipinski definition) is 10. The maximum absolute atomic E-state index is 12.1. The Balaban J connectivity index is 4.01. The average molecular weight is 506 g/mol. The number of alkyl carbamates (subject to hydrolysis) is 1. The molecular weight excluding hydrogens is 466 g/mol. The lowest BCUT2D eigenvalue weighted by Crippen LogP contribution is -2.44. The van der Waals surface area contributed by atoms with Crippen LogP contribution in [0.15, 0.2) is 10.2 Å². The van der Waals surface area contributed by atoms with Gasteiger partial charge in [-0.1, -0.05) is 10.2 Å². The Labute approximate surface area is 205 Å². The Morgan fingerprint density at radius 2 is 1.09 bits per heavy atom. The topological polar surface area (TPSA) is 191 Å². The molecular formula is C20H39N7O8. The van der Waals surface area contributed by atoms with Crippen molar-refractivity contribution < 1.29 is 38.0 Å². The first-order chi connectivity index (χ1) is 16.9. The number of hydrogen-bond donors (Lipinski definition) is 1. The fraction of sp³-hybridized carbons (Fsp3) is 0.950. The van der Waals surface area contributed by atoms with Crippen molar-refractivity contribution in [2.75, 3.05) is 92.4 Å². The third kappa shape index (κ3) is 26.1. The molecule has 0 saturated heterocycles. The molecule has 0 heterocycles. The van der Waals surface area contributed by atoms with E-state index in [1.54, 1.807) is 20.8 Å². The van der Waals surface area contributed by atoms with Crippen LogP contribution in [0.25, 0.3) is 20.9 Å². The van der Waals surface area contributed by atoms with Crippen LogP contribution < -0.4 is 5.32 Å². The zero-order valence-electron chi connectivity index (χ0n) is 20.9. The van der Waals surface area contributed by atoms with Crippen molar-refractivity contribution in [2.24, 2.45) is 10.2 Å². The van der Waals surface area contributed by atoms with E-state index >= 15 is 0 Å². The van der Waals surface area contributed by atoms with Gasteiger partial charge in [-0.05, 0) is 31.8 Å². The summed E-state index contributed by atoms with van der Waals surface area (Å²) < 4.78 is 37.7. The molecule has 0 aromatic heterocycles. The van der Waals surface area contributed by atoms with E-state index in [4.69, 9.17) is 44.2 Å². The zero-order valence-corrected chi connectivity index (χ0v) is 20.9. The van der Waals surface area contributed by atoms with Crippen LogP contribution in [0.1, 0.15) is 20.8 Å². The normalized spacial score (nSPS) is 11.9. The molecule has 0 unspecified atom stereocenters. The Bertz CT molecular complexity index is 585. The smallest absolute Gasteiger partial charge is 0.408 e. The standard InChI is InChI=1S/C20H39N7O8/c1-20(2,3)35-19(28)25-18(16-33-14-12-31-10-8-29-6-4-23-26-21)17-34-15-13-32-11-9-30-7-5-24-27-22/h18H,4-17H2,1-3H3,(H,25,28). The summed E-state index contributed by atoms with van der Waals surface area (Å²) in [6.07, 6.45) is -0.557. The molecule has 0 radical (unpaired) electrons. The third-order valence-corrected chi connectivity index (χ3v) is 3.64. The maximum Gasteiger partial charge on any atom is 0.408 e. The molecule has 0 rings (SSSR count). The third-order valence-electron chi connectivity index (χ3n) is 3.64. The van der Waals surface area contributed by atoms with E-state index < -0.39 is 17.7 Å². The molecule has 15 nitrogen and oxygen atoms in total. The molecule has 0 bridgehead atoms. The molecule has 0 aliphatic rings. The fourth-order valence-electron chi connectivity index (χ4n) is 2.24. The number of azide groups is 2. The zero-order chi connectivity index (χ0) is 26.0. The molecule has 1 amide bonds. The van der Waals surface area contributed by atoms with E-state index in [0.717, 1.165) is 0 Å². The highest BCUT2D eigenvalue weighted by molar-refractivity contribution is 5.68. The maximum atomic E-state index is 12.1. The van der Waals surface area contributed by atoms with Crippen LogP contribution in [0.5, 0.6) is 0 Å². The van der Waals surface area contributed by atoms with Crippen LogP contribution in [-0.2, 0) is 33.2 Å². The SMILES string of the molecule is CC(C)(C)OC(=O)NC(COCCOCCOCCN=[N+]=[N-])COCCOCCOCCN=[N+]=[N-]. The molecule has 0 atom stereocenters. The van der Waals surface area contributed by atoms with Crippen molar-refractivity contribution in [2.45, 2.75) is 32.4 Å². The number of nitrogens with one attached hydrogen (secondary N) is 1. The Hall–Kier alpha value is -2.35. The van der Waals surface area contributed by atoms with Crippen LogP contribution in [-0.4, -0.2) is 110 Å². The summed E-state index contributed by atoms with van der Waals surface area (Å²) in [5.41, 5.74) is 15.7. The van der Waals surface area contributed by atoms with Gasteiger partial charge in [-0.15, -0.1) is 0 Å². The van der Waals surface area contributed by atoms with Gasteiger partial charge in [0.25, 0.3) is 0 Å². The van der Waals surface area contributed by atoms with E-state index in [1.807, 2.05) is 0 Å². The van der Waals surface area contributed by atoms with Gasteiger partial charge in [-0.2, -0.15) is 0 Å². The van der Waals surface area contributed by atoms with Gasteiger partial charge in [0, 0.05) is 22.9 Å². The lowest BCUT2D eigenvalue weighted by molar-refractivity contribution is -0.0114. The summed E-state index contributed by atoms with van der Waals surface area (Å²) in [6, 6.07) is -0.419. The molecule has 0 saturated carbocycles. The number of ether oxygens (including phenoxy) is 7. The predicted octanol–water partition coefficient (Wildman–Crippen LogP) is 2.60. The molecule has 0 aliphatic carbocycles. The van der Waals surface area contributed by atoms with Gasteiger partial charge in [0.15, 0.2) is 0 Å². The van der Waals surface area contributed by atoms with Crippen molar-refractivity contribution in [1.82, 2.24) is 5.32 Å². The number of nitrogens with zero attached hydrogens (tertiary/aromatic N) is 6. The number of carbonyl (C=O) groups excluding carboxylic acids is 1. The van der Waals surface area contributed by atoms with E-state index in [1.165, 1.54) is 0 Å². The van der Waals surface area contributed by atoms with Crippen LogP contribution in [0, 0.1) is 0 Å². The van der Waals surface area contributed by atoms with Crippen LogP contribution in [0.2, 0.25) is 0 Å². The second-order valence-electron chi connectivity index (χ2n) is 7.85. The minimum atomic E-state index is -0.621. The quantitative estimate of drug-likeness (QED) is 0.0947. The summed E-state index contributed by atoms with van der Waals surface area (Å²) in [6.45, 7) is 9.97. The second kappa shape index (κ2) is 23.4. The summed E-state index contributed by atoms with van der Waals surface area (Å²) in [5.74, 6) is 0. The van der Waals surface area contributed by atoms with Gasteiger partial charge in [-0.3, -0.25) is 0 Å². The highest BCUT2D eigenvalue weighted by atomic mass is 16.6. The van der Waals surface area contributed by atoms with Crippen molar-refractivity contribution >= 4 is 6.09 Å². The number of amides is 1. The highest BCUT2D eigenvalue weighted by Crippen LogP contribution is 2.07. The number of rotatable bonds is 23. The first-order valence-electron chi connectivity index (χ1n) is 11.4. The van der Waals surface area contributed by atoms with E-state index in [2.05, 4.69) is 25.4 Å². The van der Waals surface area contributed by atoms with Gasteiger partial charge in [-0.25, -0.2) is 4.79 Å².